The number of rotatable bonds is 8. The van der Waals surface area contributed by atoms with Gasteiger partial charge in [0.05, 0.1) is 26.8 Å². The van der Waals surface area contributed by atoms with Crippen molar-refractivity contribution < 1.29 is 19.1 Å². The van der Waals surface area contributed by atoms with Gasteiger partial charge in [0.15, 0.2) is 0 Å². The maximum atomic E-state index is 12.8. The molecule has 3 amide bonds. The van der Waals surface area contributed by atoms with Crippen molar-refractivity contribution in [1.82, 2.24) is 15.5 Å². The molecule has 8 heteroatoms. The number of ether oxygens (including phenoxy) is 2. The molecule has 1 heterocycles. The van der Waals surface area contributed by atoms with Crippen LogP contribution >= 0.6 is 0 Å². The van der Waals surface area contributed by atoms with Crippen LogP contribution < -0.4 is 25.4 Å². The van der Waals surface area contributed by atoms with Crippen molar-refractivity contribution in [2.45, 2.75) is 25.4 Å². The highest BCUT2D eigenvalue weighted by atomic mass is 16.5. The number of hydrogen-bond donors (Lipinski definition) is 3. The number of likely N-dealkylation sites (tertiary alicyclic amines) is 1. The predicted octanol–water partition coefficient (Wildman–Crippen LogP) is 2.91. The Labute approximate surface area is 182 Å². The molecular formula is C23H30N4O4. The number of amides is 3. The van der Waals surface area contributed by atoms with Crippen molar-refractivity contribution >= 4 is 17.6 Å². The molecule has 0 saturated carbocycles. The average Bonchev–Trinajstić information content (AvgIpc) is 3.31. The van der Waals surface area contributed by atoms with Crippen LogP contribution in [0.1, 0.15) is 30.0 Å². The molecule has 1 atom stereocenters. The van der Waals surface area contributed by atoms with Gasteiger partial charge in [0.25, 0.3) is 0 Å². The smallest absolute Gasteiger partial charge is 0.315 e. The summed E-state index contributed by atoms with van der Waals surface area (Å²) < 4.78 is 10.8. The number of hydrogen-bond acceptors (Lipinski definition) is 5. The average molecular weight is 427 g/mol. The van der Waals surface area contributed by atoms with Crippen LogP contribution in [0.5, 0.6) is 11.5 Å². The van der Waals surface area contributed by atoms with Crippen LogP contribution in [0.25, 0.3) is 0 Å². The highest BCUT2D eigenvalue weighted by molar-refractivity contribution is 5.84. The summed E-state index contributed by atoms with van der Waals surface area (Å²) in [7, 11) is 5.08. The molecule has 0 aliphatic carbocycles. The predicted molar refractivity (Wildman–Crippen MR) is 119 cm³/mol. The van der Waals surface area contributed by atoms with Crippen molar-refractivity contribution in [1.29, 1.82) is 0 Å². The molecule has 0 radical (unpaired) electrons. The van der Waals surface area contributed by atoms with Gasteiger partial charge in [0.1, 0.15) is 11.5 Å². The summed E-state index contributed by atoms with van der Waals surface area (Å²) in [5.74, 6) is 1.32. The van der Waals surface area contributed by atoms with E-state index in [9.17, 15) is 9.59 Å². The molecule has 0 spiro atoms. The number of urea groups is 1. The number of nitrogens with zero attached hydrogens (tertiary/aromatic N) is 1. The van der Waals surface area contributed by atoms with Gasteiger partial charge in [-0.1, -0.05) is 12.1 Å². The second-order valence-electron chi connectivity index (χ2n) is 7.34. The topological polar surface area (TPSA) is 91.9 Å². The summed E-state index contributed by atoms with van der Waals surface area (Å²) in [4.78, 5) is 26.8. The Morgan fingerprint density at radius 2 is 1.84 bits per heavy atom. The third-order valence-electron chi connectivity index (χ3n) is 5.46. The lowest BCUT2D eigenvalue weighted by molar-refractivity contribution is -0.131. The molecule has 1 aliphatic rings. The van der Waals surface area contributed by atoms with Crippen LogP contribution in [-0.2, 0) is 11.3 Å². The summed E-state index contributed by atoms with van der Waals surface area (Å²) in [5.41, 5.74) is 2.90. The molecule has 3 N–H and O–H groups in total. The lowest BCUT2D eigenvalue weighted by Gasteiger charge is -2.27. The van der Waals surface area contributed by atoms with Crippen LogP contribution in [0, 0.1) is 0 Å². The molecule has 31 heavy (non-hydrogen) atoms. The van der Waals surface area contributed by atoms with Gasteiger partial charge < -0.3 is 30.3 Å². The second kappa shape index (κ2) is 10.6. The molecule has 0 bridgehead atoms. The van der Waals surface area contributed by atoms with Gasteiger partial charge in [0.2, 0.25) is 5.91 Å². The van der Waals surface area contributed by atoms with E-state index in [1.807, 2.05) is 49.5 Å². The minimum Gasteiger partial charge on any atom is -0.497 e. The summed E-state index contributed by atoms with van der Waals surface area (Å²) in [6.45, 7) is 0.968. The number of anilines is 1. The molecule has 8 nitrogen and oxygen atoms in total. The van der Waals surface area contributed by atoms with E-state index >= 15 is 0 Å². The van der Waals surface area contributed by atoms with E-state index < -0.39 is 0 Å². The second-order valence-corrected chi connectivity index (χ2v) is 7.34. The van der Waals surface area contributed by atoms with Crippen LogP contribution in [0.15, 0.2) is 42.5 Å². The van der Waals surface area contributed by atoms with Gasteiger partial charge >= 0.3 is 6.03 Å². The molecular weight excluding hydrogens is 396 g/mol. The lowest BCUT2D eigenvalue weighted by atomic mass is 10.0. The number of carbonyl (C=O) groups excluding carboxylic acids is 2. The summed E-state index contributed by atoms with van der Waals surface area (Å²) >= 11 is 0. The highest BCUT2D eigenvalue weighted by Gasteiger charge is 2.32. The SMILES string of the molecule is CNc1ccc(CNC(=O)NCC(=O)N2CCCC2c2cc(OC)ccc2OC)cc1. The monoisotopic (exact) mass is 426 g/mol. The van der Waals surface area contributed by atoms with Gasteiger partial charge in [-0.05, 0) is 48.7 Å². The first-order chi connectivity index (χ1) is 15.0. The fourth-order valence-electron chi connectivity index (χ4n) is 3.78. The van der Waals surface area contributed by atoms with E-state index in [2.05, 4.69) is 16.0 Å². The van der Waals surface area contributed by atoms with Crippen molar-refractivity contribution in [3.8, 4) is 11.5 Å². The van der Waals surface area contributed by atoms with E-state index in [0.717, 1.165) is 41.2 Å². The summed E-state index contributed by atoms with van der Waals surface area (Å²) in [5, 5.41) is 8.50. The van der Waals surface area contributed by atoms with Crippen LogP contribution in [0.3, 0.4) is 0 Å². The Bertz CT molecular complexity index is 901. The van der Waals surface area contributed by atoms with E-state index in [-0.39, 0.29) is 24.5 Å². The first-order valence-corrected chi connectivity index (χ1v) is 10.4. The molecule has 2 aromatic rings. The molecule has 1 fully saturated rings. The molecule has 1 aliphatic heterocycles. The van der Waals surface area contributed by atoms with Gasteiger partial charge in [-0.2, -0.15) is 0 Å². The van der Waals surface area contributed by atoms with Gasteiger partial charge in [-0.15, -0.1) is 0 Å². The van der Waals surface area contributed by atoms with Gasteiger partial charge in [-0.25, -0.2) is 4.79 Å². The Kier molecular flexibility index (Phi) is 7.59. The standard InChI is InChI=1S/C23H30N4O4/c1-24-17-8-6-16(7-9-17)14-25-23(29)26-15-22(28)27-12-4-5-20(27)19-13-18(30-2)10-11-21(19)31-3/h6-11,13,20,24H,4-5,12,14-15H2,1-3H3,(H2,25,26,29). The minimum absolute atomic E-state index is 0.0622. The molecule has 0 aromatic heterocycles. The summed E-state index contributed by atoms with van der Waals surface area (Å²) in [6.07, 6.45) is 1.73. The number of nitrogens with one attached hydrogen (secondary N) is 3. The maximum absolute atomic E-state index is 12.8. The van der Waals surface area contributed by atoms with Crippen molar-refractivity contribution in [3.63, 3.8) is 0 Å². The third-order valence-corrected chi connectivity index (χ3v) is 5.46. The first kappa shape index (κ1) is 22.3. The van der Waals surface area contributed by atoms with E-state index in [0.29, 0.717) is 13.1 Å². The van der Waals surface area contributed by atoms with E-state index in [1.165, 1.54) is 0 Å². The Morgan fingerprint density at radius 1 is 1.06 bits per heavy atom. The molecule has 166 valence electrons. The fourth-order valence-corrected chi connectivity index (χ4v) is 3.78. The van der Waals surface area contributed by atoms with E-state index in [4.69, 9.17) is 9.47 Å². The van der Waals surface area contributed by atoms with Crippen molar-refractivity contribution in [2.24, 2.45) is 0 Å². The van der Waals surface area contributed by atoms with Crippen molar-refractivity contribution in [3.05, 3.63) is 53.6 Å². The zero-order valence-corrected chi connectivity index (χ0v) is 18.2. The molecule has 3 rings (SSSR count). The van der Waals surface area contributed by atoms with Gasteiger partial charge in [-0.3, -0.25) is 4.79 Å². The minimum atomic E-state index is -0.374. The summed E-state index contributed by atoms with van der Waals surface area (Å²) in [6, 6.07) is 12.9. The Balaban J connectivity index is 1.55. The number of methoxy groups -OCH3 is 2. The molecule has 2 aromatic carbocycles. The van der Waals surface area contributed by atoms with Crippen LogP contribution in [-0.4, -0.2) is 51.2 Å². The van der Waals surface area contributed by atoms with Crippen molar-refractivity contribution in [2.75, 3.05) is 39.7 Å². The third kappa shape index (κ3) is 5.59. The molecule has 1 saturated heterocycles. The number of benzene rings is 2. The molecule has 1 unspecified atom stereocenters. The largest absolute Gasteiger partial charge is 0.497 e. The normalized spacial score (nSPS) is 15.3. The zero-order chi connectivity index (χ0) is 22.2. The Hall–Kier alpha value is -3.42. The Morgan fingerprint density at radius 3 is 2.52 bits per heavy atom. The number of carbonyl (C=O) groups is 2. The van der Waals surface area contributed by atoms with E-state index in [1.54, 1.807) is 19.1 Å². The van der Waals surface area contributed by atoms with Crippen LogP contribution in [0.4, 0.5) is 10.5 Å². The zero-order valence-electron chi connectivity index (χ0n) is 18.2. The van der Waals surface area contributed by atoms with Gasteiger partial charge in [0, 0.05) is 31.4 Å². The highest BCUT2D eigenvalue weighted by Crippen LogP contribution is 2.38. The first-order valence-electron chi connectivity index (χ1n) is 10.4. The lowest BCUT2D eigenvalue weighted by Crippen LogP contribution is -2.43. The fraction of sp³-hybridized carbons (Fsp3) is 0.391. The quantitative estimate of drug-likeness (QED) is 0.604. The van der Waals surface area contributed by atoms with Crippen LogP contribution in [0.2, 0.25) is 0 Å². The maximum Gasteiger partial charge on any atom is 0.315 e.